The molecule has 6 heterocycles. The van der Waals surface area contributed by atoms with Gasteiger partial charge in [0.2, 0.25) is 67.2 Å². The highest BCUT2D eigenvalue weighted by atomic mass is 35.5. The Labute approximate surface area is 698 Å². The van der Waals surface area contributed by atoms with Crippen molar-refractivity contribution in [3.63, 3.8) is 0 Å². The smallest absolute Gasteiger partial charge is 0.307 e. The van der Waals surface area contributed by atoms with Gasteiger partial charge in [0.05, 0.1) is 83.4 Å². The first-order valence-electron chi connectivity index (χ1n) is 41.2. The fourth-order valence-corrected chi connectivity index (χ4v) is 19.9. The number of carbonyl (C=O) groups is 8. The number of aromatic nitrogens is 2. The summed E-state index contributed by atoms with van der Waals surface area (Å²) in [6, 6.07) is 11.6. The van der Waals surface area contributed by atoms with Gasteiger partial charge in [-0.25, -0.2) is 34.4 Å². The zero-order valence-electron chi connectivity index (χ0n) is 69.5. The maximum atomic E-state index is 15.0. The molecule has 4 aliphatic carbocycles. The van der Waals surface area contributed by atoms with Gasteiger partial charge in [-0.05, 0) is 192 Å². The van der Waals surface area contributed by atoms with Crippen LogP contribution >= 0.6 is 23.2 Å². The second-order valence-corrected chi connectivity index (χ2v) is 40.8. The van der Waals surface area contributed by atoms with Gasteiger partial charge in [-0.2, -0.15) is 9.97 Å². The van der Waals surface area contributed by atoms with Crippen molar-refractivity contribution in [2.45, 2.75) is 283 Å². The Balaban J connectivity index is 0.000000231. The van der Waals surface area contributed by atoms with Crippen molar-refractivity contribution < 1.29 is 101 Å². The minimum atomic E-state index is -3.92. The lowest BCUT2D eigenvalue weighted by Gasteiger charge is -2.34. The monoisotopic (exact) mass is 1730 g/mol. The first kappa shape index (κ1) is 91.1. The molecule has 4 aliphatic heterocycles. The van der Waals surface area contributed by atoms with Gasteiger partial charge in [0.15, 0.2) is 22.8 Å². The van der Waals surface area contributed by atoms with Gasteiger partial charge in [0.25, 0.3) is 11.8 Å². The highest BCUT2D eigenvalue weighted by Crippen LogP contribution is 2.59. The third kappa shape index (κ3) is 21.2. The average molecular weight is 1730 g/mol. The first-order valence-corrected chi connectivity index (χ1v) is 45.0. The first-order chi connectivity index (χ1) is 55.0. The molecule has 4 aromatic rings. The van der Waals surface area contributed by atoms with E-state index in [0.717, 1.165) is 27.7 Å². The Morgan fingerprint density at radius 1 is 0.542 bits per heavy atom. The lowest BCUT2D eigenvalue weighted by molar-refractivity contribution is -0.197. The number of carbonyl (C=O) groups excluding carboxylic acids is 8. The van der Waals surface area contributed by atoms with Crippen molar-refractivity contribution in [3.05, 3.63) is 82.9 Å². The highest BCUT2D eigenvalue weighted by Gasteiger charge is 2.64. The number of hydrogen-bond acceptors (Lipinski definition) is 20. The summed E-state index contributed by atoms with van der Waals surface area (Å²) >= 11 is 13.2. The van der Waals surface area contributed by atoms with Gasteiger partial charge in [-0.1, -0.05) is 87.3 Å². The quantitative estimate of drug-likeness (QED) is 0.0419. The molecule has 0 radical (unpaired) electrons. The molecule has 648 valence electrons. The van der Waals surface area contributed by atoms with E-state index in [1.54, 1.807) is 48.5 Å². The number of alkyl halides is 4. The van der Waals surface area contributed by atoms with E-state index in [9.17, 15) is 72.8 Å². The molecule has 24 nitrogen and oxygen atoms in total. The Morgan fingerprint density at radius 3 is 1.23 bits per heavy atom. The SMILES string of the molecule is CC(C)Oc1cc2c(Cl)cccc2c(O[C@@H]2C[C@H]3C(=O)C[C@]4(C(=O)NS(=O)(=O)C5CC5)C[C@H]4/C=C\CC[C@@H](C)C[C@@H](C)[C@H](CC(=O)OC(C)(C)C(C)(F)F)C(=O)N3C2)n1.CC(C)Oc1cc2c(Cl)cccc2c(O[C@@H]2C[C@H]3C(=O)C[C@]4(C(=O)NS(=O)(=O)C5CC5)C[C@H]4/C=C\CC[C@H](C)C[C@@H](C)[C@H](CC(=O)OC(C)(C)C(C)(F)F)C(=O)N3C2)n1. The van der Waals surface area contributed by atoms with Crippen molar-refractivity contribution in [2.75, 3.05) is 13.1 Å². The zero-order valence-corrected chi connectivity index (χ0v) is 72.7. The number of ketones is 2. The van der Waals surface area contributed by atoms with Crippen LogP contribution in [0.1, 0.15) is 213 Å². The number of pyridine rings is 2. The number of amides is 4. The second-order valence-electron chi connectivity index (χ2n) is 36.1. The summed E-state index contributed by atoms with van der Waals surface area (Å²) in [7, 11) is -7.85. The van der Waals surface area contributed by atoms with E-state index in [1.807, 2.05) is 79.7 Å². The average Bonchev–Trinajstić information content (AvgIpc) is 1.57. The number of sulfonamides is 2. The number of fused-ring (bicyclic) bond motifs is 6. The van der Waals surface area contributed by atoms with Crippen LogP contribution in [0.5, 0.6) is 23.5 Å². The molecule has 8 aliphatic rings. The number of hydrogen-bond donors (Lipinski definition) is 2. The molecule has 2 aromatic carbocycles. The summed E-state index contributed by atoms with van der Waals surface area (Å²) in [5.41, 5.74) is -7.01. The van der Waals surface area contributed by atoms with Crippen LogP contribution in [0.2, 0.25) is 10.0 Å². The molecule has 6 fully saturated rings. The molecule has 12 rings (SSSR count). The van der Waals surface area contributed by atoms with Crippen molar-refractivity contribution in [3.8, 4) is 23.5 Å². The minimum absolute atomic E-state index is 0.0147. The van der Waals surface area contributed by atoms with Crippen LogP contribution < -0.4 is 28.4 Å². The van der Waals surface area contributed by atoms with Crippen LogP contribution in [-0.4, -0.2) is 167 Å². The molecule has 0 bridgehead atoms. The van der Waals surface area contributed by atoms with E-state index in [0.29, 0.717) is 110 Å². The van der Waals surface area contributed by atoms with E-state index < -0.39 is 184 Å². The van der Waals surface area contributed by atoms with Gasteiger partial charge in [0, 0.05) is 83.3 Å². The Hall–Kier alpha value is -7.70. The third-order valence-corrected chi connectivity index (χ3v) is 29.0. The summed E-state index contributed by atoms with van der Waals surface area (Å²) < 4.78 is 150. The molecule has 118 heavy (non-hydrogen) atoms. The van der Waals surface area contributed by atoms with E-state index in [-0.39, 0.29) is 99.2 Å². The van der Waals surface area contributed by atoms with E-state index >= 15 is 0 Å². The number of esters is 2. The number of Topliss-reactive ketones (excluding diaryl/α,β-unsaturated/α-hetero) is 2. The van der Waals surface area contributed by atoms with Crippen molar-refractivity contribution in [1.82, 2.24) is 29.2 Å². The second kappa shape index (κ2) is 35.4. The van der Waals surface area contributed by atoms with Gasteiger partial charge in [0.1, 0.15) is 12.2 Å². The summed E-state index contributed by atoms with van der Waals surface area (Å²) in [4.78, 5) is 126. The number of halogens is 6. The van der Waals surface area contributed by atoms with Gasteiger partial charge in [-0.3, -0.25) is 47.8 Å². The maximum Gasteiger partial charge on any atom is 0.307 e. The largest absolute Gasteiger partial charge is 0.475 e. The standard InChI is InChI=1S/2C43H56ClF2N3O9S/c2*1-24(2)56-36-19-32-30(13-10-14-33(32)44)38(47-36)57-28-18-34-35(50)22-43(40(53)48-59(54,55)29-15-16-29)21-27(43)12-9-8-11-25(3)17-26(4)31(39(52)49(34)23-28)20-37(51)58-41(5,6)42(7,45)46/h2*9-10,12-14,19,24-29,31,34H,8,11,15-18,20-23H2,1-7H3,(H,48,53)/b2*12-9-/t25-,26+,27+,28+,31-,34-,43+;25-,26-,27-,28-,31+,34+,43-/m01/s1. The normalized spacial score (nSPS) is 28.9. The number of ether oxygens (including phenoxy) is 6. The molecule has 4 saturated carbocycles. The number of nitrogens with one attached hydrogen (secondary N) is 2. The molecule has 2 saturated heterocycles. The van der Waals surface area contributed by atoms with Crippen molar-refractivity contribution >= 4 is 112 Å². The number of allylic oxidation sites excluding steroid dienone is 4. The zero-order chi connectivity index (χ0) is 86.5. The number of nitrogens with zero attached hydrogens (tertiary/aromatic N) is 4. The van der Waals surface area contributed by atoms with Crippen LogP contribution in [0.3, 0.4) is 0 Å². The highest BCUT2D eigenvalue weighted by molar-refractivity contribution is 7.91. The lowest BCUT2D eigenvalue weighted by Crippen LogP contribution is -2.48. The Kier molecular flexibility index (Phi) is 27.3. The molecule has 0 spiro atoms. The van der Waals surface area contributed by atoms with E-state index in [4.69, 9.17) is 51.6 Å². The van der Waals surface area contributed by atoms with Crippen LogP contribution in [0.25, 0.3) is 21.5 Å². The third-order valence-electron chi connectivity index (χ3n) is 24.7. The van der Waals surface area contributed by atoms with Crippen molar-refractivity contribution in [1.29, 1.82) is 0 Å². The topological polar surface area (TPSA) is 317 Å². The van der Waals surface area contributed by atoms with E-state index in [2.05, 4.69) is 19.4 Å². The summed E-state index contributed by atoms with van der Waals surface area (Å²) in [5, 5.41) is 1.89. The Bertz CT molecular complexity index is 4500. The fourth-order valence-electron chi connectivity index (χ4n) is 16.6. The number of benzene rings is 2. The molecular weight excluding hydrogens is 1620 g/mol. The van der Waals surface area contributed by atoms with Crippen molar-refractivity contribution in [2.24, 2.45) is 58.2 Å². The molecule has 32 heteroatoms. The molecule has 0 unspecified atom stereocenters. The van der Waals surface area contributed by atoms with Crippen LogP contribution in [0.4, 0.5) is 17.6 Å². The maximum absolute atomic E-state index is 15.0. The summed E-state index contributed by atoms with van der Waals surface area (Å²) in [6.45, 7) is 20.6. The predicted octanol–water partition coefficient (Wildman–Crippen LogP) is 15.2. The van der Waals surface area contributed by atoms with Crippen LogP contribution in [0, 0.1) is 58.2 Å². The summed E-state index contributed by atoms with van der Waals surface area (Å²) in [6.07, 6.45) is 9.79. The fraction of sp³-hybridized carbons (Fsp3) is 0.651. The molecule has 2 aromatic heterocycles. The predicted molar refractivity (Wildman–Crippen MR) is 435 cm³/mol. The van der Waals surface area contributed by atoms with Crippen LogP contribution in [-0.2, 0) is 67.9 Å². The Morgan fingerprint density at radius 2 is 0.898 bits per heavy atom. The van der Waals surface area contributed by atoms with Gasteiger partial charge < -0.3 is 38.2 Å². The summed E-state index contributed by atoms with van der Waals surface area (Å²) in [5.74, 6) is -15.1. The van der Waals surface area contributed by atoms with Gasteiger partial charge >= 0.3 is 11.9 Å². The van der Waals surface area contributed by atoms with E-state index in [1.165, 1.54) is 9.80 Å². The van der Waals surface area contributed by atoms with Crippen LogP contribution in [0.15, 0.2) is 72.8 Å². The molecule has 2 N–H and O–H groups in total. The molecular formula is C86H112Cl2F4N6O18S2. The van der Waals surface area contributed by atoms with Gasteiger partial charge in [-0.15, -0.1) is 0 Å². The molecule has 4 amide bonds. The lowest BCUT2D eigenvalue weighted by atomic mass is 9.82. The molecule has 14 atom stereocenters. The number of rotatable bonds is 22. The minimum Gasteiger partial charge on any atom is -0.475 e.